The first-order valence-electron chi connectivity index (χ1n) is 10.9. The molecule has 0 aromatic heterocycles. The van der Waals surface area contributed by atoms with Gasteiger partial charge in [-0.2, -0.15) is 0 Å². The maximum absolute atomic E-state index is 13.1. The van der Waals surface area contributed by atoms with Crippen molar-refractivity contribution >= 4 is 35.3 Å². The van der Waals surface area contributed by atoms with Gasteiger partial charge in [-0.05, 0) is 48.0 Å². The smallest absolute Gasteiger partial charge is 0.264 e. The van der Waals surface area contributed by atoms with Gasteiger partial charge in [0.15, 0.2) is 11.5 Å². The molecule has 180 valence electrons. The third-order valence-corrected chi connectivity index (χ3v) is 6.73. The van der Waals surface area contributed by atoms with E-state index in [1.54, 1.807) is 51.5 Å². The molecule has 0 spiro atoms. The molecule has 2 amide bonds. The minimum Gasteiger partial charge on any atom is -0.496 e. The molecule has 3 aromatic rings. The Morgan fingerprint density at radius 3 is 2.43 bits per heavy atom. The van der Waals surface area contributed by atoms with Gasteiger partial charge in [0.25, 0.3) is 11.8 Å². The number of amides is 2. The van der Waals surface area contributed by atoms with Crippen molar-refractivity contribution in [3.63, 3.8) is 0 Å². The average molecular weight is 491 g/mol. The summed E-state index contributed by atoms with van der Waals surface area (Å²) in [5, 5.41) is 2.92. The maximum Gasteiger partial charge on any atom is 0.264 e. The zero-order valence-electron chi connectivity index (χ0n) is 20.0. The third kappa shape index (κ3) is 5.12. The topological polar surface area (TPSA) is 77.1 Å². The van der Waals surface area contributed by atoms with Gasteiger partial charge >= 0.3 is 0 Å². The number of carbonyl (C=O) groups is 2. The predicted molar refractivity (Wildman–Crippen MR) is 137 cm³/mol. The summed E-state index contributed by atoms with van der Waals surface area (Å²) in [6.07, 6.45) is 1.82. The zero-order chi connectivity index (χ0) is 24.9. The summed E-state index contributed by atoms with van der Waals surface area (Å²) in [5.74, 6) is 1.55. The first kappa shape index (κ1) is 24.2. The molecule has 7 nitrogen and oxygen atoms in total. The van der Waals surface area contributed by atoms with E-state index in [1.807, 2.05) is 48.5 Å². The summed E-state index contributed by atoms with van der Waals surface area (Å²) < 4.78 is 16.0. The van der Waals surface area contributed by atoms with E-state index in [0.29, 0.717) is 39.9 Å². The van der Waals surface area contributed by atoms with E-state index >= 15 is 0 Å². The van der Waals surface area contributed by atoms with Gasteiger partial charge in [0.05, 0.1) is 31.9 Å². The number of anilines is 1. The van der Waals surface area contributed by atoms with Gasteiger partial charge in [-0.1, -0.05) is 36.0 Å². The van der Waals surface area contributed by atoms with Crippen LogP contribution >= 0.6 is 11.8 Å². The maximum atomic E-state index is 13.1. The van der Waals surface area contributed by atoms with Gasteiger partial charge in [-0.15, -0.1) is 0 Å². The number of carbonyl (C=O) groups excluding carboxylic acids is 2. The molecule has 4 rings (SSSR count). The largest absolute Gasteiger partial charge is 0.496 e. The fourth-order valence-corrected chi connectivity index (χ4v) is 4.85. The number of likely N-dealkylation sites (N-methyl/N-ethyl adjacent to an activating group) is 1. The molecule has 0 unspecified atom stereocenters. The lowest BCUT2D eigenvalue weighted by Crippen LogP contribution is -2.31. The van der Waals surface area contributed by atoms with Gasteiger partial charge in [0.1, 0.15) is 5.75 Å². The quantitative estimate of drug-likeness (QED) is 0.482. The molecule has 0 atom stereocenters. The van der Waals surface area contributed by atoms with Crippen LogP contribution in [0.5, 0.6) is 17.2 Å². The zero-order valence-corrected chi connectivity index (χ0v) is 20.8. The van der Waals surface area contributed by atoms with Gasteiger partial charge in [0.2, 0.25) is 0 Å². The van der Waals surface area contributed by atoms with Crippen molar-refractivity contribution in [3.05, 3.63) is 82.3 Å². The second-order valence-corrected chi connectivity index (χ2v) is 8.85. The Hall–Kier alpha value is -3.91. The van der Waals surface area contributed by atoms with Crippen LogP contribution in [0.3, 0.4) is 0 Å². The van der Waals surface area contributed by atoms with Gasteiger partial charge < -0.3 is 24.4 Å². The van der Waals surface area contributed by atoms with Crippen LogP contribution in [0.1, 0.15) is 21.5 Å². The number of fused-ring (bicyclic) bond motifs is 1. The number of methoxy groups -OCH3 is 3. The Morgan fingerprint density at radius 1 is 0.943 bits per heavy atom. The number of nitrogens with one attached hydrogen (secondary N) is 1. The van der Waals surface area contributed by atoms with Crippen LogP contribution in [0.15, 0.2) is 70.5 Å². The standard InChI is InChI=1S/C27H26N2O5S/c1-29-20-15-18(26(30)28-16-19-7-5-6-8-21(19)32-2)10-12-24(20)35-25(27(29)31)14-17-9-11-22(33-3)23(13-17)34-4/h5-15H,16H2,1-4H3,(H,28,30). The van der Waals surface area contributed by atoms with Crippen molar-refractivity contribution in [2.24, 2.45) is 0 Å². The van der Waals surface area contributed by atoms with Crippen LogP contribution in [0.25, 0.3) is 6.08 Å². The number of thioether (sulfide) groups is 1. The fraction of sp³-hybridized carbons (Fsp3) is 0.185. The minimum atomic E-state index is -0.226. The number of benzene rings is 3. The van der Waals surface area contributed by atoms with Crippen molar-refractivity contribution < 1.29 is 23.8 Å². The van der Waals surface area contributed by atoms with Crippen molar-refractivity contribution in [3.8, 4) is 17.2 Å². The molecule has 1 heterocycles. The number of nitrogens with zero attached hydrogens (tertiary/aromatic N) is 1. The Bertz CT molecular complexity index is 1300. The molecule has 3 aromatic carbocycles. The number of para-hydroxylation sites is 1. The number of rotatable bonds is 7. The van der Waals surface area contributed by atoms with Crippen LogP contribution in [0, 0.1) is 0 Å². The molecule has 0 aliphatic carbocycles. The number of ether oxygens (including phenoxy) is 3. The van der Waals surface area contributed by atoms with Crippen molar-refractivity contribution in [1.82, 2.24) is 5.32 Å². The lowest BCUT2D eigenvalue weighted by molar-refractivity contribution is -0.114. The molecule has 35 heavy (non-hydrogen) atoms. The highest BCUT2D eigenvalue weighted by Gasteiger charge is 2.27. The van der Waals surface area contributed by atoms with Gasteiger partial charge in [-0.3, -0.25) is 9.59 Å². The van der Waals surface area contributed by atoms with E-state index in [9.17, 15) is 9.59 Å². The number of hydrogen-bond acceptors (Lipinski definition) is 6. The van der Waals surface area contributed by atoms with Crippen LogP contribution in [-0.4, -0.2) is 40.2 Å². The predicted octanol–water partition coefficient (Wildman–Crippen LogP) is 4.75. The average Bonchev–Trinajstić information content (AvgIpc) is 2.90. The van der Waals surface area contributed by atoms with Crippen LogP contribution < -0.4 is 24.4 Å². The van der Waals surface area contributed by atoms with Crippen molar-refractivity contribution in [2.75, 3.05) is 33.3 Å². The molecule has 1 N–H and O–H groups in total. The molecule has 1 aliphatic heterocycles. The first-order chi connectivity index (χ1) is 16.9. The SMILES string of the molecule is COc1ccccc1CNC(=O)c1ccc2c(c1)N(C)C(=O)C(=Cc1ccc(OC)c(OC)c1)S2. The Balaban J connectivity index is 1.54. The highest BCUT2D eigenvalue weighted by molar-refractivity contribution is 8.04. The van der Waals surface area contributed by atoms with Gasteiger partial charge in [0, 0.05) is 29.6 Å². The Morgan fingerprint density at radius 2 is 1.69 bits per heavy atom. The fourth-order valence-electron chi connectivity index (χ4n) is 3.76. The van der Waals surface area contributed by atoms with E-state index in [-0.39, 0.29) is 11.8 Å². The molecule has 1 aliphatic rings. The van der Waals surface area contributed by atoms with Crippen LogP contribution in [-0.2, 0) is 11.3 Å². The van der Waals surface area contributed by atoms with Crippen molar-refractivity contribution in [1.29, 1.82) is 0 Å². The summed E-state index contributed by atoms with van der Waals surface area (Å²) in [7, 11) is 6.46. The highest BCUT2D eigenvalue weighted by Crippen LogP contribution is 2.42. The van der Waals surface area contributed by atoms with Gasteiger partial charge in [-0.25, -0.2) is 0 Å². The van der Waals surface area contributed by atoms with Crippen molar-refractivity contribution in [2.45, 2.75) is 11.4 Å². The number of hydrogen-bond donors (Lipinski definition) is 1. The van der Waals surface area contributed by atoms with E-state index in [2.05, 4.69) is 5.32 Å². The summed E-state index contributed by atoms with van der Waals surface area (Å²) in [5.41, 5.74) is 2.87. The monoisotopic (exact) mass is 490 g/mol. The molecule has 0 saturated heterocycles. The second-order valence-electron chi connectivity index (χ2n) is 7.77. The minimum absolute atomic E-state index is 0.149. The van der Waals surface area contributed by atoms with E-state index < -0.39 is 0 Å². The Kier molecular flexibility index (Phi) is 7.31. The normalized spacial score (nSPS) is 13.9. The van der Waals surface area contributed by atoms with E-state index in [1.165, 1.54) is 11.8 Å². The molecule has 0 fully saturated rings. The molecular formula is C27H26N2O5S. The summed E-state index contributed by atoms with van der Waals surface area (Å²) in [4.78, 5) is 28.9. The molecule has 0 saturated carbocycles. The van der Waals surface area contributed by atoms with E-state index in [0.717, 1.165) is 16.0 Å². The van der Waals surface area contributed by atoms with Crippen LogP contribution in [0.2, 0.25) is 0 Å². The molecule has 0 radical (unpaired) electrons. The second kappa shape index (κ2) is 10.6. The third-order valence-electron chi connectivity index (χ3n) is 5.66. The molecule has 8 heteroatoms. The lowest BCUT2D eigenvalue weighted by atomic mass is 10.1. The molecule has 0 bridgehead atoms. The Labute approximate surface area is 208 Å². The highest BCUT2D eigenvalue weighted by atomic mass is 32.2. The van der Waals surface area contributed by atoms with E-state index in [4.69, 9.17) is 14.2 Å². The molecular weight excluding hydrogens is 464 g/mol. The lowest BCUT2D eigenvalue weighted by Gasteiger charge is -2.27. The first-order valence-corrected chi connectivity index (χ1v) is 11.7. The summed E-state index contributed by atoms with van der Waals surface area (Å²) in [6, 6.07) is 18.4. The summed E-state index contributed by atoms with van der Waals surface area (Å²) >= 11 is 1.37. The van der Waals surface area contributed by atoms with Crippen LogP contribution in [0.4, 0.5) is 5.69 Å². The summed E-state index contributed by atoms with van der Waals surface area (Å²) in [6.45, 7) is 0.335.